The summed E-state index contributed by atoms with van der Waals surface area (Å²) in [5, 5.41) is 5.65. The van der Waals surface area contributed by atoms with E-state index in [1.807, 2.05) is 54.6 Å². The Morgan fingerprint density at radius 1 is 0.762 bits per heavy atom. The number of alkyl carbamates (subject to hydrolysis) is 1. The first-order chi connectivity index (χ1) is 20.6. The van der Waals surface area contributed by atoms with E-state index in [0.29, 0.717) is 38.8 Å². The van der Waals surface area contributed by atoms with Crippen LogP contribution in [0.25, 0.3) is 11.1 Å². The molecule has 0 heterocycles. The molecule has 0 unspecified atom stereocenters. The van der Waals surface area contributed by atoms with Crippen LogP contribution in [0.3, 0.4) is 0 Å². The first-order valence-electron chi connectivity index (χ1n) is 14.9. The molecule has 4 N–H and O–H groups in total. The number of hydrogen-bond donors (Lipinski definition) is 3. The maximum atomic E-state index is 13.0. The molecule has 4 rings (SSSR count). The summed E-state index contributed by atoms with van der Waals surface area (Å²) in [6.45, 7) is 1.42. The molecule has 2 amide bonds. The van der Waals surface area contributed by atoms with Crippen molar-refractivity contribution in [2.45, 2.75) is 63.5 Å². The first kappa shape index (κ1) is 30.8. The van der Waals surface area contributed by atoms with E-state index in [9.17, 15) is 14.4 Å². The molecule has 0 radical (unpaired) electrons. The van der Waals surface area contributed by atoms with Gasteiger partial charge in [0.25, 0.3) is 0 Å². The second-order valence-corrected chi connectivity index (χ2v) is 10.6. The van der Waals surface area contributed by atoms with Gasteiger partial charge in [0.15, 0.2) is 0 Å². The Morgan fingerprint density at radius 2 is 1.43 bits per heavy atom. The molecule has 8 nitrogen and oxygen atoms in total. The fraction of sp³-hybridized carbons (Fsp3) is 0.382. The van der Waals surface area contributed by atoms with Gasteiger partial charge in [-0.3, -0.25) is 4.79 Å². The molecule has 0 spiro atoms. The van der Waals surface area contributed by atoms with E-state index in [0.717, 1.165) is 47.1 Å². The number of carbonyl (C=O) groups excluding carboxylic acids is 3. The minimum atomic E-state index is -0.865. The molecule has 3 aromatic rings. The Morgan fingerprint density at radius 3 is 2.12 bits per heavy atom. The minimum Gasteiger partial charge on any atom is -0.459 e. The molecular weight excluding hydrogens is 530 g/mol. The lowest BCUT2D eigenvalue weighted by Crippen LogP contribution is -2.42. The lowest BCUT2D eigenvalue weighted by Gasteiger charge is -2.19. The van der Waals surface area contributed by atoms with Crippen LogP contribution >= 0.6 is 0 Å². The smallest absolute Gasteiger partial charge is 0.407 e. The molecule has 0 aliphatic heterocycles. The summed E-state index contributed by atoms with van der Waals surface area (Å²) in [6, 6.07) is 24.8. The number of esters is 1. The number of nitrogens with one attached hydrogen (secondary N) is 2. The van der Waals surface area contributed by atoms with Crippen molar-refractivity contribution in [1.29, 1.82) is 0 Å². The number of amides is 2. The van der Waals surface area contributed by atoms with E-state index in [4.69, 9.17) is 15.2 Å². The molecule has 0 fully saturated rings. The third-order valence-corrected chi connectivity index (χ3v) is 7.49. The van der Waals surface area contributed by atoms with Crippen LogP contribution in [0.15, 0.2) is 78.9 Å². The van der Waals surface area contributed by atoms with Gasteiger partial charge in [-0.2, -0.15) is 0 Å². The quantitative estimate of drug-likeness (QED) is 0.156. The topological polar surface area (TPSA) is 120 Å². The van der Waals surface area contributed by atoms with E-state index in [1.165, 1.54) is 0 Å². The van der Waals surface area contributed by atoms with Gasteiger partial charge >= 0.3 is 12.1 Å². The van der Waals surface area contributed by atoms with E-state index >= 15 is 0 Å². The van der Waals surface area contributed by atoms with Gasteiger partial charge in [-0.15, -0.1) is 0 Å². The Bertz CT molecular complexity index is 1270. The van der Waals surface area contributed by atoms with Crippen molar-refractivity contribution in [3.05, 3.63) is 95.6 Å². The number of fused-ring (bicyclic) bond motifs is 3. The highest BCUT2D eigenvalue weighted by Gasteiger charge is 2.30. The number of hydrogen-bond acceptors (Lipinski definition) is 6. The van der Waals surface area contributed by atoms with E-state index in [1.54, 1.807) is 0 Å². The van der Waals surface area contributed by atoms with Crippen LogP contribution in [0.2, 0.25) is 0 Å². The van der Waals surface area contributed by atoms with Crippen LogP contribution < -0.4 is 16.4 Å². The van der Waals surface area contributed by atoms with Crippen LogP contribution in [0.5, 0.6) is 0 Å². The number of carbonyl (C=O) groups is 3. The third-order valence-electron chi connectivity index (χ3n) is 7.49. The number of unbranched alkanes of at least 4 members (excludes halogenated alkanes) is 3. The summed E-state index contributed by atoms with van der Waals surface area (Å²) >= 11 is 0. The largest absolute Gasteiger partial charge is 0.459 e. The summed E-state index contributed by atoms with van der Waals surface area (Å²) < 4.78 is 11.2. The number of rotatable bonds is 16. The van der Waals surface area contributed by atoms with E-state index in [2.05, 4.69) is 34.9 Å². The zero-order chi connectivity index (χ0) is 29.6. The number of benzene rings is 3. The van der Waals surface area contributed by atoms with Crippen LogP contribution in [0.1, 0.15) is 67.6 Å². The van der Waals surface area contributed by atoms with Gasteiger partial charge in [0.1, 0.15) is 19.3 Å². The summed E-state index contributed by atoms with van der Waals surface area (Å²) in [6.07, 6.45) is 4.16. The van der Waals surface area contributed by atoms with Crippen molar-refractivity contribution in [2.24, 2.45) is 5.73 Å². The van der Waals surface area contributed by atoms with Gasteiger partial charge in [-0.05, 0) is 66.5 Å². The third kappa shape index (κ3) is 8.91. The molecule has 8 heteroatoms. The summed E-state index contributed by atoms with van der Waals surface area (Å²) in [4.78, 5) is 38.0. The molecule has 0 saturated heterocycles. The second kappa shape index (κ2) is 16.3. The maximum absolute atomic E-state index is 13.0. The molecule has 42 heavy (non-hydrogen) atoms. The molecule has 1 atom stereocenters. The zero-order valence-corrected chi connectivity index (χ0v) is 24.1. The zero-order valence-electron chi connectivity index (χ0n) is 24.1. The van der Waals surface area contributed by atoms with Gasteiger partial charge in [-0.1, -0.05) is 85.3 Å². The average molecular weight is 572 g/mol. The minimum absolute atomic E-state index is 0.0163. The van der Waals surface area contributed by atoms with Gasteiger partial charge in [0.05, 0.1) is 0 Å². The maximum Gasteiger partial charge on any atom is 0.407 e. The van der Waals surface area contributed by atoms with E-state index in [-0.39, 0.29) is 25.0 Å². The highest BCUT2D eigenvalue weighted by atomic mass is 16.6. The molecular formula is C34H41N3O5. The highest BCUT2D eigenvalue weighted by molar-refractivity contribution is 5.82. The SMILES string of the molecule is NCCCCCC(=O)NCCCC[C@H](NC(=O)OCC1c2ccccc2-c2ccccc21)C(=O)OCc1ccccc1. The van der Waals surface area contributed by atoms with Crippen LogP contribution in [0.4, 0.5) is 4.79 Å². The van der Waals surface area contributed by atoms with Gasteiger partial charge in [-0.25, -0.2) is 9.59 Å². The lowest BCUT2D eigenvalue weighted by molar-refractivity contribution is -0.147. The molecule has 222 valence electrons. The lowest BCUT2D eigenvalue weighted by atomic mass is 9.98. The van der Waals surface area contributed by atoms with Crippen molar-refractivity contribution in [2.75, 3.05) is 19.7 Å². The summed E-state index contributed by atoms with van der Waals surface area (Å²) in [5.41, 5.74) is 10.9. The van der Waals surface area contributed by atoms with Crippen molar-refractivity contribution >= 4 is 18.0 Å². The highest BCUT2D eigenvalue weighted by Crippen LogP contribution is 2.44. The molecule has 0 aromatic heterocycles. The van der Waals surface area contributed by atoms with Gasteiger partial charge in [0.2, 0.25) is 5.91 Å². The number of ether oxygens (including phenoxy) is 2. The Hall–Kier alpha value is -4.17. The summed E-state index contributed by atoms with van der Waals surface area (Å²) in [7, 11) is 0. The molecule has 0 saturated carbocycles. The van der Waals surface area contributed by atoms with Crippen LogP contribution in [-0.4, -0.2) is 43.7 Å². The predicted octanol–water partition coefficient (Wildman–Crippen LogP) is 5.44. The van der Waals surface area contributed by atoms with Crippen LogP contribution in [0, 0.1) is 0 Å². The predicted molar refractivity (Wildman–Crippen MR) is 163 cm³/mol. The average Bonchev–Trinajstić information content (AvgIpc) is 3.34. The molecule has 0 bridgehead atoms. The first-order valence-corrected chi connectivity index (χ1v) is 14.9. The van der Waals surface area contributed by atoms with Crippen molar-refractivity contribution in [3.8, 4) is 11.1 Å². The fourth-order valence-corrected chi connectivity index (χ4v) is 5.26. The monoisotopic (exact) mass is 571 g/mol. The van der Waals surface area contributed by atoms with E-state index < -0.39 is 18.1 Å². The molecule has 1 aliphatic carbocycles. The normalized spacial score (nSPS) is 12.6. The number of nitrogens with two attached hydrogens (primary N) is 1. The van der Waals surface area contributed by atoms with Crippen molar-refractivity contribution in [3.63, 3.8) is 0 Å². The van der Waals surface area contributed by atoms with Gasteiger partial charge in [0, 0.05) is 18.9 Å². The van der Waals surface area contributed by atoms with Crippen molar-refractivity contribution < 1.29 is 23.9 Å². The Labute approximate surface area is 248 Å². The fourth-order valence-electron chi connectivity index (χ4n) is 5.26. The Kier molecular flexibility index (Phi) is 12.0. The van der Waals surface area contributed by atoms with Crippen molar-refractivity contribution in [1.82, 2.24) is 10.6 Å². The second-order valence-electron chi connectivity index (χ2n) is 10.6. The van der Waals surface area contributed by atoms with Crippen LogP contribution in [-0.2, 0) is 25.7 Å². The Balaban J connectivity index is 1.29. The van der Waals surface area contributed by atoms with Gasteiger partial charge < -0.3 is 25.8 Å². The molecule has 1 aliphatic rings. The summed E-state index contributed by atoms with van der Waals surface area (Å²) in [5.74, 6) is -0.579. The molecule has 3 aromatic carbocycles. The standard InChI is InChI=1S/C34H41N3O5/c35-21-11-2-5-20-32(38)36-22-12-10-19-31(33(39)41-23-25-13-3-1-4-14-25)37-34(40)42-24-30-28-17-8-6-15-26(28)27-16-7-9-18-29(27)30/h1,3-4,6-9,13-18,30-31H,2,5,10-12,19-24,35H2,(H,36,38)(H,37,40)/t31-/m0/s1.